The molecule has 6 aromatic rings. The summed E-state index contributed by atoms with van der Waals surface area (Å²) in [7, 11) is 0. The molecular weight excluding hydrogens is 486 g/mol. The van der Waals surface area contributed by atoms with Crippen molar-refractivity contribution in [1.82, 2.24) is 9.55 Å². The molecule has 0 atom stereocenters. The summed E-state index contributed by atoms with van der Waals surface area (Å²) < 4.78 is 6.91. The lowest BCUT2D eigenvalue weighted by atomic mass is 10.0. The molecule has 0 aliphatic heterocycles. The third-order valence-electron chi connectivity index (χ3n) is 6.64. The second-order valence-electron chi connectivity index (χ2n) is 9.31. The molecule has 2 aromatic heterocycles. The highest BCUT2D eigenvalue weighted by molar-refractivity contribution is 6.03. The summed E-state index contributed by atoms with van der Waals surface area (Å²) in [6.45, 7) is 0.377. The molecule has 39 heavy (non-hydrogen) atoms. The maximum atomic E-state index is 13.9. The van der Waals surface area contributed by atoms with Crippen molar-refractivity contribution in [2.75, 3.05) is 5.32 Å². The van der Waals surface area contributed by atoms with Crippen LogP contribution in [0.3, 0.4) is 0 Å². The Labute approximate surface area is 225 Å². The van der Waals surface area contributed by atoms with Crippen LogP contribution in [0.25, 0.3) is 22.0 Å². The van der Waals surface area contributed by atoms with E-state index in [1.165, 1.54) is 6.26 Å². The summed E-state index contributed by atoms with van der Waals surface area (Å²) in [4.78, 5) is 31.3. The van der Waals surface area contributed by atoms with Crippen LogP contribution in [0.15, 0.2) is 131 Å². The minimum atomic E-state index is -0.383. The Hall–Kier alpha value is -5.23. The largest absolute Gasteiger partial charge is 0.459 e. The Kier molecular flexibility index (Phi) is 6.58. The van der Waals surface area contributed by atoms with Gasteiger partial charge in [-0.25, -0.2) is 4.98 Å². The van der Waals surface area contributed by atoms with Crippen LogP contribution in [0, 0.1) is 0 Å². The molecule has 0 spiro atoms. The molecule has 2 heterocycles. The minimum absolute atomic E-state index is 0.160. The average Bonchev–Trinajstić information content (AvgIpc) is 3.52. The molecule has 4 aromatic carbocycles. The number of fused-ring (bicyclic) bond motifs is 1. The zero-order chi connectivity index (χ0) is 26.6. The summed E-state index contributed by atoms with van der Waals surface area (Å²) in [6.07, 6.45) is 1.96. The molecule has 0 radical (unpaired) electrons. The molecule has 0 saturated carbocycles. The number of carbonyl (C=O) groups is 1. The van der Waals surface area contributed by atoms with Gasteiger partial charge in [-0.05, 0) is 52.6 Å². The third-order valence-corrected chi connectivity index (χ3v) is 6.64. The van der Waals surface area contributed by atoms with Crippen molar-refractivity contribution in [3.05, 3.63) is 155 Å². The number of anilines is 1. The van der Waals surface area contributed by atoms with Crippen molar-refractivity contribution in [3.63, 3.8) is 0 Å². The maximum absolute atomic E-state index is 13.9. The first-order chi connectivity index (χ1) is 19.1. The van der Waals surface area contributed by atoms with Crippen LogP contribution in [0.5, 0.6) is 0 Å². The van der Waals surface area contributed by atoms with Crippen LogP contribution in [0.2, 0.25) is 0 Å². The van der Waals surface area contributed by atoms with E-state index in [-0.39, 0.29) is 17.2 Å². The van der Waals surface area contributed by atoms with E-state index >= 15 is 0 Å². The molecule has 0 aliphatic rings. The van der Waals surface area contributed by atoms with E-state index < -0.39 is 0 Å². The highest BCUT2D eigenvalue weighted by Crippen LogP contribution is 2.21. The van der Waals surface area contributed by atoms with Crippen LogP contribution in [-0.2, 0) is 13.0 Å². The van der Waals surface area contributed by atoms with E-state index in [9.17, 15) is 9.59 Å². The molecule has 0 aliphatic carbocycles. The molecule has 0 fully saturated rings. The first kappa shape index (κ1) is 24.1. The number of benzene rings is 4. The number of nitrogens with one attached hydrogen (secondary N) is 1. The summed E-state index contributed by atoms with van der Waals surface area (Å²) in [5, 5.41) is 3.24. The molecule has 0 saturated heterocycles. The van der Waals surface area contributed by atoms with Gasteiger partial charge in [0.15, 0.2) is 5.76 Å². The number of aromatic nitrogens is 2. The summed E-state index contributed by atoms with van der Waals surface area (Å²) in [6, 6.07) is 36.8. The van der Waals surface area contributed by atoms with Crippen LogP contribution >= 0.6 is 0 Å². The topological polar surface area (TPSA) is 77.1 Å². The Morgan fingerprint density at radius 1 is 0.769 bits per heavy atom. The van der Waals surface area contributed by atoms with Crippen molar-refractivity contribution in [2.45, 2.75) is 13.0 Å². The summed E-state index contributed by atoms with van der Waals surface area (Å²) >= 11 is 0. The van der Waals surface area contributed by atoms with Gasteiger partial charge in [0.05, 0.1) is 23.7 Å². The number of rotatable bonds is 7. The number of furan rings is 1. The van der Waals surface area contributed by atoms with E-state index in [0.29, 0.717) is 35.4 Å². The number of amides is 1. The van der Waals surface area contributed by atoms with E-state index in [1.807, 2.05) is 60.7 Å². The quantitative estimate of drug-likeness (QED) is 0.264. The molecule has 6 nitrogen and oxygen atoms in total. The zero-order valence-corrected chi connectivity index (χ0v) is 21.1. The highest BCUT2D eigenvalue weighted by Gasteiger charge is 2.15. The molecule has 0 unspecified atom stereocenters. The molecule has 6 heteroatoms. The Balaban J connectivity index is 1.38. The predicted octanol–water partition coefficient (Wildman–Crippen LogP) is 6.55. The standard InChI is InChI=1S/C33H25N3O3/c37-32(30-12-7-19-39-30)34-27-17-18-29-28(21-27)33(38)36(31(35-29)20-23-8-3-1-4-9-23)22-24-13-15-26(16-14-24)25-10-5-2-6-11-25/h1-19,21H,20,22H2,(H,34,37). The lowest BCUT2D eigenvalue weighted by Gasteiger charge is -2.15. The van der Waals surface area contributed by atoms with Gasteiger partial charge in [0.2, 0.25) is 0 Å². The van der Waals surface area contributed by atoms with Gasteiger partial charge in [-0.1, -0.05) is 84.9 Å². The zero-order valence-electron chi connectivity index (χ0n) is 21.1. The van der Waals surface area contributed by atoms with Gasteiger partial charge in [-0.3, -0.25) is 14.2 Å². The van der Waals surface area contributed by atoms with Crippen molar-refractivity contribution < 1.29 is 9.21 Å². The fraction of sp³-hybridized carbons (Fsp3) is 0.0606. The van der Waals surface area contributed by atoms with Crippen molar-refractivity contribution >= 4 is 22.5 Å². The maximum Gasteiger partial charge on any atom is 0.291 e. The van der Waals surface area contributed by atoms with Gasteiger partial charge in [0.1, 0.15) is 5.82 Å². The minimum Gasteiger partial charge on any atom is -0.459 e. The molecule has 6 rings (SSSR count). The lowest BCUT2D eigenvalue weighted by molar-refractivity contribution is 0.0996. The first-order valence-electron chi connectivity index (χ1n) is 12.7. The molecule has 1 amide bonds. The van der Waals surface area contributed by atoms with Crippen LogP contribution in [0.4, 0.5) is 5.69 Å². The van der Waals surface area contributed by atoms with Gasteiger partial charge < -0.3 is 9.73 Å². The number of hydrogen-bond donors (Lipinski definition) is 1. The normalized spacial score (nSPS) is 11.0. The number of nitrogens with zero attached hydrogens (tertiary/aromatic N) is 2. The van der Waals surface area contributed by atoms with Crippen molar-refractivity contribution in [3.8, 4) is 11.1 Å². The van der Waals surface area contributed by atoms with Crippen molar-refractivity contribution in [1.29, 1.82) is 0 Å². The van der Waals surface area contributed by atoms with Gasteiger partial charge in [0.25, 0.3) is 11.5 Å². The van der Waals surface area contributed by atoms with Gasteiger partial charge in [0, 0.05) is 12.1 Å². The Morgan fingerprint density at radius 2 is 1.49 bits per heavy atom. The fourth-order valence-corrected chi connectivity index (χ4v) is 4.64. The van der Waals surface area contributed by atoms with Gasteiger partial charge in [-0.15, -0.1) is 0 Å². The smallest absolute Gasteiger partial charge is 0.291 e. The molecule has 0 bridgehead atoms. The fourth-order valence-electron chi connectivity index (χ4n) is 4.64. The van der Waals surface area contributed by atoms with Crippen LogP contribution in [0.1, 0.15) is 27.5 Å². The molecular formula is C33H25N3O3. The second-order valence-corrected chi connectivity index (χ2v) is 9.31. The summed E-state index contributed by atoms with van der Waals surface area (Å²) in [5.41, 5.74) is 5.24. The Bertz CT molecular complexity index is 1790. The third kappa shape index (κ3) is 5.26. The van der Waals surface area contributed by atoms with E-state index in [1.54, 1.807) is 34.9 Å². The van der Waals surface area contributed by atoms with Crippen molar-refractivity contribution in [2.24, 2.45) is 0 Å². The second kappa shape index (κ2) is 10.6. The number of carbonyl (C=O) groups excluding carboxylic acids is 1. The first-order valence-corrected chi connectivity index (χ1v) is 12.7. The van der Waals surface area contributed by atoms with E-state index in [2.05, 4.69) is 29.6 Å². The number of hydrogen-bond acceptors (Lipinski definition) is 4. The molecule has 1 N–H and O–H groups in total. The average molecular weight is 512 g/mol. The van der Waals surface area contributed by atoms with Crippen LogP contribution in [-0.4, -0.2) is 15.5 Å². The van der Waals surface area contributed by atoms with Crippen LogP contribution < -0.4 is 10.9 Å². The highest BCUT2D eigenvalue weighted by atomic mass is 16.3. The van der Waals surface area contributed by atoms with E-state index in [0.717, 1.165) is 22.3 Å². The monoisotopic (exact) mass is 511 g/mol. The van der Waals surface area contributed by atoms with E-state index in [4.69, 9.17) is 9.40 Å². The SMILES string of the molecule is O=C(Nc1ccc2nc(Cc3ccccc3)n(Cc3ccc(-c4ccccc4)cc3)c(=O)c2c1)c1ccco1. The summed E-state index contributed by atoms with van der Waals surface area (Å²) in [5.74, 6) is 0.493. The Morgan fingerprint density at radius 3 is 2.21 bits per heavy atom. The van der Waals surface area contributed by atoms with Gasteiger partial charge in [-0.2, -0.15) is 0 Å². The predicted molar refractivity (Wildman–Crippen MR) is 153 cm³/mol. The lowest BCUT2D eigenvalue weighted by Crippen LogP contribution is -2.26. The molecule has 190 valence electrons. The van der Waals surface area contributed by atoms with Gasteiger partial charge >= 0.3 is 0 Å².